The number of fused-ring (bicyclic) bond motifs is 1. The highest BCUT2D eigenvalue weighted by Crippen LogP contribution is 2.32. The van der Waals surface area contributed by atoms with Crippen LogP contribution in [-0.2, 0) is 6.42 Å². The zero-order valence-corrected chi connectivity index (χ0v) is 13.5. The van der Waals surface area contributed by atoms with Crippen LogP contribution in [0, 0.1) is 11.3 Å². The molecule has 1 aromatic carbocycles. The van der Waals surface area contributed by atoms with E-state index in [0.29, 0.717) is 5.92 Å². The van der Waals surface area contributed by atoms with Crippen molar-refractivity contribution in [1.29, 1.82) is 0 Å². The van der Waals surface area contributed by atoms with E-state index in [0.717, 1.165) is 48.5 Å². The Labute approximate surface area is 126 Å². The number of rotatable bonds is 6. The summed E-state index contributed by atoms with van der Waals surface area (Å²) in [6.07, 6.45) is 2.93. The lowest BCUT2D eigenvalue weighted by atomic mass is 9.76. The minimum absolute atomic E-state index is 0.259. The first-order valence-electron chi connectivity index (χ1n) is 7.57. The fourth-order valence-corrected chi connectivity index (χ4v) is 2.70. The summed E-state index contributed by atoms with van der Waals surface area (Å²) < 4.78 is 11.0. The smallest absolute Gasteiger partial charge is 0.195 e. The van der Waals surface area contributed by atoms with Crippen molar-refractivity contribution in [2.45, 2.75) is 40.0 Å². The van der Waals surface area contributed by atoms with Crippen molar-refractivity contribution < 1.29 is 9.15 Å². The van der Waals surface area contributed by atoms with E-state index in [-0.39, 0.29) is 5.41 Å². The normalized spacial score (nSPS) is 13.6. The molecule has 0 amide bonds. The van der Waals surface area contributed by atoms with E-state index in [1.54, 1.807) is 7.11 Å². The van der Waals surface area contributed by atoms with Crippen LogP contribution in [0.4, 0.5) is 0 Å². The van der Waals surface area contributed by atoms with E-state index in [1.807, 2.05) is 18.2 Å². The van der Waals surface area contributed by atoms with Crippen molar-refractivity contribution in [3.63, 3.8) is 0 Å². The molecule has 4 nitrogen and oxygen atoms in total. The molecule has 0 aliphatic carbocycles. The maximum Gasteiger partial charge on any atom is 0.195 e. The number of ether oxygens (including phenoxy) is 1. The minimum Gasteiger partial charge on any atom is -0.497 e. The van der Waals surface area contributed by atoms with Crippen molar-refractivity contribution in [3.05, 3.63) is 24.1 Å². The van der Waals surface area contributed by atoms with Crippen LogP contribution in [0.3, 0.4) is 0 Å². The molecule has 2 rings (SSSR count). The quantitative estimate of drug-likeness (QED) is 0.879. The lowest BCUT2D eigenvalue weighted by molar-refractivity contribution is 0.211. The molecule has 0 fully saturated rings. The molecule has 2 aromatic rings. The lowest BCUT2D eigenvalue weighted by Crippen LogP contribution is -2.24. The largest absolute Gasteiger partial charge is 0.497 e. The molecule has 1 heterocycles. The standard InChI is InChI=1S/C17H26N2O2/c1-17(2,3)12(9-10-18)5-8-16-19-14-7-6-13(20-4)11-15(14)21-16/h6-7,11-12H,5,8-10,18H2,1-4H3. The minimum atomic E-state index is 0.259. The zero-order chi connectivity index (χ0) is 15.5. The molecule has 0 radical (unpaired) electrons. The van der Waals surface area contributed by atoms with Crippen molar-refractivity contribution in [3.8, 4) is 5.75 Å². The highest BCUT2D eigenvalue weighted by molar-refractivity contribution is 5.74. The number of aryl methyl sites for hydroxylation is 1. The number of benzene rings is 1. The number of methoxy groups -OCH3 is 1. The van der Waals surface area contributed by atoms with Crippen LogP contribution >= 0.6 is 0 Å². The third-order valence-corrected chi connectivity index (χ3v) is 4.09. The number of nitrogens with zero attached hydrogens (tertiary/aromatic N) is 1. The molecule has 0 saturated carbocycles. The van der Waals surface area contributed by atoms with Crippen molar-refractivity contribution in [1.82, 2.24) is 4.98 Å². The van der Waals surface area contributed by atoms with Crippen molar-refractivity contribution in [2.24, 2.45) is 17.1 Å². The Balaban J connectivity index is 2.08. The van der Waals surface area contributed by atoms with Gasteiger partial charge in [0.15, 0.2) is 11.5 Å². The summed E-state index contributed by atoms with van der Waals surface area (Å²) >= 11 is 0. The third-order valence-electron chi connectivity index (χ3n) is 4.09. The van der Waals surface area contributed by atoms with Gasteiger partial charge in [-0.1, -0.05) is 20.8 Å². The van der Waals surface area contributed by atoms with E-state index >= 15 is 0 Å². The summed E-state index contributed by atoms with van der Waals surface area (Å²) in [5, 5.41) is 0. The van der Waals surface area contributed by atoms with Crippen LogP contribution in [0.5, 0.6) is 5.75 Å². The molecular formula is C17H26N2O2. The van der Waals surface area contributed by atoms with Gasteiger partial charge in [-0.3, -0.25) is 0 Å². The Hall–Kier alpha value is -1.55. The van der Waals surface area contributed by atoms with Gasteiger partial charge in [-0.15, -0.1) is 0 Å². The van der Waals surface area contributed by atoms with E-state index in [9.17, 15) is 0 Å². The summed E-state index contributed by atoms with van der Waals surface area (Å²) in [6, 6.07) is 5.72. The Kier molecular flexibility index (Phi) is 4.88. The van der Waals surface area contributed by atoms with Gasteiger partial charge in [-0.05, 0) is 42.9 Å². The maximum atomic E-state index is 5.83. The van der Waals surface area contributed by atoms with E-state index in [4.69, 9.17) is 14.9 Å². The Morgan fingerprint density at radius 2 is 2.05 bits per heavy atom. The van der Waals surface area contributed by atoms with E-state index in [1.165, 1.54) is 0 Å². The highest BCUT2D eigenvalue weighted by Gasteiger charge is 2.24. The number of nitrogens with two attached hydrogens (primary N) is 1. The number of aromatic nitrogens is 1. The van der Waals surface area contributed by atoms with Gasteiger partial charge < -0.3 is 14.9 Å². The first-order valence-corrected chi connectivity index (χ1v) is 7.57. The summed E-state index contributed by atoms with van der Waals surface area (Å²) in [6.45, 7) is 7.53. The molecule has 1 atom stereocenters. The van der Waals surface area contributed by atoms with Gasteiger partial charge in [0.2, 0.25) is 0 Å². The summed E-state index contributed by atoms with van der Waals surface area (Å²) in [7, 11) is 1.65. The SMILES string of the molecule is COc1ccc2nc(CCC(CCN)C(C)(C)C)oc2c1. The average molecular weight is 290 g/mol. The molecule has 4 heteroatoms. The van der Waals surface area contributed by atoms with Gasteiger partial charge >= 0.3 is 0 Å². The predicted octanol–water partition coefficient (Wildman–Crippen LogP) is 3.78. The molecule has 0 bridgehead atoms. The van der Waals surface area contributed by atoms with E-state index < -0.39 is 0 Å². The van der Waals surface area contributed by atoms with Gasteiger partial charge in [0.1, 0.15) is 11.3 Å². The molecule has 1 aromatic heterocycles. The van der Waals surface area contributed by atoms with Crippen LogP contribution < -0.4 is 10.5 Å². The molecule has 0 aliphatic rings. The number of hydrogen-bond donors (Lipinski definition) is 1. The Morgan fingerprint density at radius 3 is 2.67 bits per heavy atom. The molecule has 2 N–H and O–H groups in total. The van der Waals surface area contributed by atoms with Gasteiger partial charge in [0.25, 0.3) is 0 Å². The molecule has 0 saturated heterocycles. The molecule has 0 spiro atoms. The van der Waals surface area contributed by atoms with E-state index in [2.05, 4.69) is 25.8 Å². The van der Waals surface area contributed by atoms with Crippen LogP contribution in [0.15, 0.2) is 22.6 Å². The molecule has 1 unspecified atom stereocenters. The van der Waals surface area contributed by atoms with Crippen LogP contribution in [0.25, 0.3) is 11.1 Å². The predicted molar refractivity (Wildman–Crippen MR) is 85.5 cm³/mol. The lowest BCUT2D eigenvalue weighted by Gasteiger charge is -2.30. The van der Waals surface area contributed by atoms with Gasteiger partial charge in [-0.2, -0.15) is 0 Å². The summed E-state index contributed by atoms with van der Waals surface area (Å²) in [4.78, 5) is 4.55. The topological polar surface area (TPSA) is 61.3 Å². The van der Waals surface area contributed by atoms with Crippen LogP contribution in [-0.4, -0.2) is 18.6 Å². The molecule has 0 aliphatic heterocycles. The second-order valence-corrected chi connectivity index (χ2v) is 6.62. The number of hydrogen-bond acceptors (Lipinski definition) is 4. The molecular weight excluding hydrogens is 264 g/mol. The first kappa shape index (κ1) is 15.8. The van der Waals surface area contributed by atoms with Gasteiger partial charge in [0, 0.05) is 12.5 Å². The fourth-order valence-electron chi connectivity index (χ4n) is 2.70. The second kappa shape index (κ2) is 6.48. The average Bonchev–Trinajstić information content (AvgIpc) is 2.83. The van der Waals surface area contributed by atoms with Crippen LogP contribution in [0.1, 0.15) is 39.5 Å². The summed E-state index contributed by atoms with van der Waals surface area (Å²) in [5.41, 5.74) is 7.67. The first-order chi connectivity index (χ1) is 9.94. The Bertz CT molecular complexity index is 584. The molecule has 21 heavy (non-hydrogen) atoms. The van der Waals surface area contributed by atoms with Gasteiger partial charge in [-0.25, -0.2) is 4.98 Å². The van der Waals surface area contributed by atoms with Crippen LogP contribution in [0.2, 0.25) is 0 Å². The summed E-state index contributed by atoms with van der Waals surface area (Å²) in [5.74, 6) is 2.16. The van der Waals surface area contributed by atoms with Gasteiger partial charge in [0.05, 0.1) is 7.11 Å². The Morgan fingerprint density at radius 1 is 1.29 bits per heavy atom. The molecule has 116 valence electrons. The third kappa shape index (κ3) is 3.97. The van der Waals surface area contributed by atoms with Crippen molar-refractivity contribution >= 4 is 11.1 Å². The fraction of sp³-hybridized carbons (Fsp3) is 0.588. The van der Waals surface area contributed by atoms with Crippen molar-refractivity contribution in [2.75, 3.05) is 13.7 Å². The number of oxazole rings is 1. The highest BCUT2D eigenvalue weighted by atomic mass is 16.5. The maximum absolute atomic E-state index is 5.83. The zero-order valence-electron chi connectivity index (χ0n) is 13.5. The monoisotopic (exact) mass is 290 g/mol. The second-order valence-electron chi connectivity index (χ2n) is 6.62.